The first-order valence-electron chi connectivity index (χ1n) is 8.43. The molecule has 1 aliphatic heterocycles. The van der Waals surface area contributed by atoms with Crippen molar-refractivity contribution in [2.45, 2.75) is 31.4 Å². The number of carbonyl (C=O) groups excluding carboxylic acids is 1. The van der Waals surface area contributed by atoms with Gasteiger partial charge in [0.25, 0.3) is 5.91 Å². The van der Waals surface area contributed by atoms with Crippen LogP contribution in [-0.4, -0.2) is 20.9 Å². The zero-order chi connectivity index (χ0) is 17.9. The predicted molar refractivity (Wildman–Crippen MR) is 98.9 cm³/mol. The Morgan fingerprint density at radius 1 is 1.04 bits per heavy atom. The summed E-state index contributed by atoms with van der Waals surface area (Å²) in [7, 11) is -3.63. The average Bonchev–Trinajstić information content (AvgIpc) is 2.54. The van der Waals surface area contributed by atoms with Crippen LogP contribution in [0.1, 0.15) is 40.7 Å². The highest BCUT2D eigenvalue weighted by Crippen LogP contribution is 2.27. The molecule has 0 aliphatic carbocycles. The summed E-state index contributed by atoms with van der Waals surface area (Å²) in [6, 6.07) is 14.7. The molecule has 3 rings (SSSR count). The zero-order valence-electron chi connectivity index (χ0n) is 14.0. The molecule has 0 radical (unpaired) electrons. The highest BCUT2D eigenvalue weighted by atomic mass is 32.2. The molecule has 0 bridgehead atoms. The molecule has 0 spiro atoms. The molecule has 5 nitrogen and oxygen atoms in total. The Balaban J connectivity index is 1.94. The molecule has 1 amide bonds. The number of para-hydroxylation sites is 1. The van der Waals surface area contributed by atoms with E-state index < -0.39 is 10.0 Å². The fourth-order valence-electron chi connectivity index (χ4n) is 3.26. The molecule has 2 N–H and O–H groups in total. The molecule has 25 heavy (non-hydrogen) atoms. The summed E-state index contributed by atoms with van der Waals surface area (Å²) in [5.74, 6) is -0.379. The van der Waals surface area contributed by atoms with Gasteiger partial charge >= 0.3 is 0 Å². The van der Waals surface area contributed by atoms with E-state index in [1.54, 1.807) is 24.3 Å². The van der Waals surface area contributed by atoms with Crippen molar-refractivity contribution in [3.63, 3.8) is 0 Å². The summed E-state index contributed by atoms with van der Waals surface area (Å²) in [5.41, 5.74) is 3.13. The Kier molecular flexibility index (Phi) is 5.20. The molecule has 132 valence electrons. The van der Waals surface area contributed by atoms with Gasteiger partial charge in [0.1, 0.15) is 0 Å². The first-order chi connectivity index (χ1) is 11.9. The smallest absolute Gasteiger partial charge is 0.258 e. The first kappa shape index (κ1) is 17.6. The van der Waals surface area contributed by atoms with Crippen LogP contribution < -0.4 is 10.0 Å². The lowest BCUT2D eigenvalue weighted by Gasteiger charge is -2.27. The minimum Gasteiger partial charge on any atom is -0.308 e. The molecule has 0 atom stereocenters. The molecule has 0 aromatic heterocycles. The van der Waals surface area contributed by atoms with Gasteiger partial charge in [-0.25, -0.2) is 13.6 Å². The lowest BCUT2D eigenvalue weighted by Crippen LogP contribution is -2.33. The summed E-state index contributed by atoms with van der Waals surface area (Å²) in [5, 5.41) is 5.11. The average molecular weight is 358 g/mol. The van der Waals surface area contributed by atoms with Crippen LogP contribution in [0.3, 0.4) is 0 Å². The molecule has 6 heteroatoms. The Morgan fingerprint density at radius 3 is 2.64 bits per heavy atom. The lowest BCUT2D eigenvalue weighted by molar-refractivity contribution is 0.0985. The third-order valence-electron chi connectivity index (χ3n) is 4.40. The van der Waals surface area contributed by atoms with E-state index in [0.717, 1.165) is 31.4 Å². The molecule has 2 aromatic carbocycles. The molecule has 0 unspecified atom stereocenters. The maximum Gasteiger partial charge on any atom is 0.258 e. The zero-order valence-corrected chi connectivity index (χ0v) is 14.8. The van der Waals surface area contributed by atoms with E-state index >= 15 is 0 Å². The third kappa shape index (κ3) is 4.46. The Hall–Kier alpha value is -2.18. The van der Waals surface area contributed by atoms with Gasteiger partial charge in [-0.1, -0.05) is 36.8 Å². The van der Waals surface area contributed by atoms with Gasteiger partial charge in [-0.15, -0.1) is 0 Å². The number of anilines is 1. The van der Waals surface area contributed by atoms with Crippen LogP contribution in [0.5, 0.6) is 0 Å². The van der Waals surface area contributed by atoms with E-state index in [-0.39, 0.29) is 11.7 Å². The van der Waals surface area contributed by atoms with Crippen molar-refractivity contribution in [1.82, 2.24) is 0 Å². The van der Waals surface area contributed by atoms with Crippen molar-refractivity contribution in [2.75, 3.05) is 11.4 Å². The number of carbonyl (C=O) groups is 1. The molecule has 1 aliphatic rings. The lowest BCUT2D eigenvalue weighted by atomic mass is 10.0. The van der Waals surface area contributed by atoms with Gasteiger partial charge in [0.05, 0.1) is 5.75 Å². The van der Waals surface area contributed by atoms with Gasteiger partial charge in [-0.05, 0) is 48.6 Å². The number of nitrogens with two attached hydrogens (primary N) is 1. The number of aryl methyl sites for hydroxylation is 1. The standard InChI is InChI=1S/C19H22N2O3S/c20-25(23,24)14-15-7-6-10-17(13-15)19(22)21-12-5-1-2-8-16-9-3-4-11-18(16)21/h3-4,6-7,9-11,13H,1-2,5,8,12,14H2,(H2,20,23,24). The van der Waals surface area contributed by atoms with Gasteiger partial charge < -0.3 is 4.90 Å². The van der Waals surface area contributed by atoms with Crippen LogP contribution in [0.15, 0.2) is 48.5 Å². The van der Waals surface area contributed by atoms with E-state index in [1.807, 2.05) is 23.1 Å². The van der Waals surface area contributed by atoms with Crippen LogP contribution in [0, 0.1) is 0 Å². The topological polar surface area (TPSA) is 80.5 Å². The van der Waals surface area contributed by atoms with Crippen molar-refractivity contribution in [2.24, 2.45) is 5.14 Å². The Labute approximate surface area is 148 Å². The van der Waals surface area contributed by atoms with Crippen molar-refractivity contribution in [3.8, 4) is 0 Å². The quantitative estimate of drug-likeness (QED) is 0.916. The van der Waals surface area contributed by atoms with E-state index in [9.17, 15) is 13.2 Å². The molecular weight excluding hydrogens is 336 g/mol. The maximum absolute atomic E-state index is 13.1. The molecule has 0 saturated heterocycles. The number of fused-ring (bicyclic) bond motifs is 1. The second kappa shape index (κ2) is 7.37. The summed E-state index contributed by atoms with van der Waals surface area (Å²) in [6.45, 7) is 0.662. The van der Waals surface area contributed by atoms with Crippen LogP contribution in [0.2, 0.25) is 0 Å². The largest absolute Gasteiger partial charge is 0.308 e. The van der Waals surface area contributed by atoms with Gasteiger partial charge in [-0.2, -0.15) is 0 Å². The fraction of sp³-hybridized carbons (Fsp3) is 0.316. The number of nitrogens with zero attached hydrogens (tertiary/aromatic N) is 1. The second-order valence-corrected chi connectivity index (χ2v) is 8.02. The van der Waals surface area contributed by atoms with Crippen molar-refractivity contribution < 1.29 is 13.2 Å². The summed E-state index contributed by atoms with van der Waals surface area (Å²) < 4.78 is 22.6. The highest BCUT2D eigenvalue weighted by Gasteiger charge is 2.21. The van der Waals surface area contributed by atoms with Gasteiger partial charge in [0.2, 0.25) is 10.0 Å². The minimum absolute atomic E-state index is 0.106. The number of primary sulfonamides is 1. The summed E-state index contributed by atoms with van der Waals surface area (Å²) in [4.78, 5) is 14.9. The van der Waals surface area contributed by atoms with Gasteiger partial charge in [-0.3, -0.25) is 4.79 Å². The van der Waals surface area contributed by atoms with Gasteiger partial charge in [0.15, 0.2) is 0 Å². The summed E-state index contributed by atoms with van der Waals surface area (Å²) >= 11 is 0. The van der Waals surface area contributed by atoms with Crippen molar-refractivity contribution in [3.05, 3.63) is 65.2 Å². The van der Waals surface area contributed by atoms with Crippen LogP contribution in [0.4, 0.5) is 5.69 Å². The predicted octanol–water partition coefficient (Wildman–Crippen LogP) is 2.85. The van der Waals surface area contributed by atoms with Crippen molar-refractivity contribution >= 4 is 21.6 Å². The van der Waals surface area contributed by atoms with Crippen LogP contribution in [-0.2, 0) is 22.2 Å². The van der Waals surface area contributed by atoms with E-state index in [4.69, 9.17) is 5.14 Å². The van der Waals surface area contributed by atoms with E-state index in [0.29, 0.717) is 17.7 Å². The Morgan fingerprint density at radius 2 is 1.84 bits per heavy atom. The van der Waals surface area contributed by atoms with E-state index in [1.165, 1.54) is 5.56 Å². The SMILES string of the molecule is NS(=O)(=O)Cc1cccc(C(=O)N2CCCCCc3ccccc32)c1. The number of benzene rings is 2. The maximum atomic E-state index is 13.1. The highest BCUT2D eigenvalue weighted by molar-refractivity contribution is 7.88. The first-order valence-corrected chi connectivity index (χ1v) is 10.1. The number of rotatable bonds is 3. The normalized spacial score (nSPS) is 15.2. The van der Waals surface area contributed by atoms with Crippen molar-refractivity contribution in [1.29, 1.82) is 0 Å². The summed E-state index contributed by atoms with van der Waals surface area (Å²) in [6.07, 6.45) is 4.13. The molecule has 1 heterocycles. The monoisotopic (exact) mass is 358 g/mol. The fourth-order valence-corrected chi connectivity index (χ4v) is 3.91. The number of amides is 1. The van der Waals surface area contributed by atoms with Crippen LogP contribution >= 0.6 is 0 Å². The second-order valence-electron chi connectivity index (χ2n) is 6.40. The number of sulfonamides is 1. The molecular formula is C19H22N2O3S. The number of hydrogen-bond donors (Lipinski definition) is 1. The minimum atomic E-state index is -3.63. The van der Waals surface area contributed by atoms with Gasteiger partial charge in [0, 0.05) is 17.8 Å². The molecule has 2 aromatic rings. The molecule has 0 saturated carbocycles. The number of hydrogen-bond acceptors (Lipinski definition) is 3. The Bertz CT molecular complexity index is 878. The van der Waals surface area contributed by atoms with E-state index in [2.05, 4.69) is 6.07 Å². The molecule has 0 fully saturated rings. The third-order valence-corrected chi connectivity index (χ3v) is 5.13. The van der Waals surface area contributed by atoms with Crippen LogP contribution in [0.25, 0.3) is 0 Å².